The van der Waals surface area contributed by atoms with Crippen molar-refractivity contribution in [2.45, 2.75) is 55.9 Å². The van der Waals surface area contributed by atoms with Crippen LogP contribution in [0.2, 0.25) is 0 Å². The smallest absolute Gasteiger partial charge is 0.243 e. The lowest BCUT2D eigenvalue weighted by atomic mass is 9.88. The Morgan fingerprint density at radius 3 is 2.43 bits per heavy atom. The number of likely N-dealkylation sites (tertiary alicyclic amines) is 1. The zero-order valence-electron chi connectivity index (χ0n) is 16.3. The van der Waals surface area contributed by atoms with Gasteiger partial charge >= 0.3 is 0 Å². The third-order valence-corrected chi connectivity index (χ3v) is 7.52. The van der Waals surface area contributed by atoms with Gasteiger partial charge in [-0.25, -0.2) is 17.8 Å². The number of sulfonamides is 1. The zero-order valence-corrected chi connectivity index (χ0v) is 17.2. The predicted molar refractivity (Wildman–Crippen MR) is 110 cm³/mol. The van der Waals surface area contributed by atoms with Crippen molar-refractivity contribution in [3.05, 3.63) is 42.7 Å². The van der Waals surface area contributed by atoms with Crippen molar-refractivity contribution in [1.82, 2.24) is 19.4 Å². The molecular weight excluding hydrogens is 372 g/mol. The van der Waals surface area contributed by atoms with E-state index in [1.165, 1.54) is 44.8 Å². The molecule has 4 rings (SSSR count). The fourth-order valence-electron chi connectivity index (χ4n) is 4.42. The molecule has 1 aliphatic heterocycles. The van der Waals surface area contributed by atoms with E-state index in [2.05, 4.69) is 14.7 Å². The maximum Gasteiger partial charge on any atom is 0.243 e. The molecule has 0 amide bonds. The second kappa shape index (κ2) is 8.76. The van der Waals surface area contributed by atoms with Gasteiger partial charge in [0.2, 0.25) is 10.0 Å². The van der Waals surface area contributed by atoms with Gasteiger partial charge in [-0.05, 0) is 56.8 Å². The molecule has 1 aromatic heterocycles. The van der Waals surface area contributed by atoms with Gasteiger partial charge in [-0.3, -0.25) is 0 Å². The van der Waals surface area contributed by atoms with Crippen LogP contribution in [-0.2, 0) is 10.0 Å². The highest BCUT2D eigenvalue weighted by Crippen LogP contribution is 2.25. The summed E-state index contributed by atoms with van der Waals surface area (Å²) in [4.78, 5) is 2.75. The topological polar surface area (TPSA) is 67.2 Å². The molecule has 152 valence electrons. The van der Waals surface area contributed by atoms with Gasteiger partial charge in [0.15, 0.2) is 0 Å². The molecule has 7 heteroatoms. The molecule has 2 heterocycles. The summed E-state index contributed by atoms with van der Waals surface area (Å²) in [5, 5.41) is 4.21. The fourth-order valence-corrected chi connectivity index (χ4v) is 5.66. The van der Waals surface area contributed by atoms with Gasteiger partial charge < -0.3 is 4.90 Å². The highest BCUT2D eigenvalue weighted by Gasteiger charge is 2.27. The van der Waals surface area contributed by atoms with Gasteiger partial charge in [-0.15, -0.1) is 0 Å². The molecule has 1 saturated carbocycles. The fraction of sp³-hybridized carbons (Fsp3) is 0.571. The average molecular weight is 403 g/mol. The summed E-state index contributed by atoms with van der Waals surface area (Å²) in [6.45, 7) is 3.14. The van der Waals surface area contributed by atoms with E-state index in [1.807, 2.05) is 30.3 Å². The maximum absolute atomic E-state index is 12.8. The Balaban J connectivity index is 1.31. The third-order valence-electron chi connectivity index (χ3n) is 6.04. The molecule has 0 radical (unpaired) electrons. The van der Waals surface area contributed by atoms with E-state index < -0.39 is 10.0 Å². The van der Waals surface area contributed by atoms with E-state index in [-0.39, 0.29) is 10.9 Å². The largest absolute Gasteiger partial charge is 0.303 e. The summed E-state index contributed by atoms with van der Waals surface area (Å²) < 4.78 is 30.0. The number of para-hydroxylation sites is 1. The first-order valence-electron chi connectivity index (χ1n) is 10.4. The van der Waals surface area contributed by atoms with Crippen molar-refractivity contribution in [2.24, 2.45) is 5.92 Å². The number of piperidine rings is 1. The Labute approximate surface area is 168 Å². The van der Waals surface area contributed by atoms with Crippen LogP contribution in [0.5, 0.6) is 0 Å². The standard InChI is InChI=1S/C21H30N4O2S/c26-28(27,21-15-22-25(17-21)20-9-5-2-6-10-20)23-19-11-13-24(14-12-19)16-18-7-3-1-4-8-18/h2,5-6,9-10,15,17-19,23H,1,3-4,7-8,11-14,16H2. The zero-order chi connectivity index (χ0) is 19.4. The Bertz CT molecular complexity index is 852. The van der Waals surface area contributed by atoms with Crippen LogP contribution in [0.4, 0.5) is 0 Å². The Kier molecular flexibility index (Phi) is 6.13. The summed E-state index contributed by atoms with van der Waals surface area (Å²) in [6.07, 6.45) is 11.6. The second-order valence-corrected chi connectivity index (χ2v) is 9.87. The predicted octanol–water partition coefficient (Wildman–Crippen LogP) is 3.20. The Morgan fingerprint density at radius 2 is 1.71 bits per heavy atom. The van der Waals surface area contributed by atoms with Crippen molar-refractivity contribution >= 4 is 10.0 Å². The lowest BCUT2D eigenvalue weighted by Crippen LogP contribution is -2.45. The second-order valence-electron chi connectivity index (χ2n) is 8.16. The average Bonchev–Trinajstić information content (AvgIpc) is 3.22. The van der Waals surface area contributed by atoms with E-state index >= 15 is 0 Å². The molecule has 0 spiro atoms. The van der Waals surface area contributed by atoms with Crippen LogP contribution in [0.25, 0.3) is 5.69 Å². The van der Waals surface area contributed by atoms with E-state index in [9.17, 15) is 8.42 Å². The van der Waals surface area contributed by atoms with Crippen molar-refractivity contribution in [1.29, 1.82) is 0 Å². The molecule has 0 atom stereocenters. The van der Waals surface area contributed by atoms with Crippen LogP contribution in [-0.4, -0.2) is 48.8 Å². The summed E-state index contributed by atoms with van der Waals surface area (Å²) in [7, 11) is -3.54. The highest BCUT2D eigenvalue weighted by atomic mass is 32.2. The summed E-state index contributed by atoms with van der Waals surface area (Å²) in [5.41, 5.74) is 0.847. The van der Waals surface area contributed by atoms with Crippen molar-refractivity contribution in [3.8, 4) is 5.69 Å². The van der Waals surface area contributed by atoms with Crippen LogP contribution in [0.1, 0.15) is 44.9 Å². The van der Waals surface area contributed by atoms with Gasteiger partial charge in [0.05, 0.1) is 18.1 Å². The molecule has 0 unspecified atom stereocenters. The van der Waals surface area contributed by atoms with Crippen molar-refractivity contribution < 1.29 is 8.42 Å². The molecule has 2 fully saturated rings. The summed E-state index contributed by atoms with van der Waals surface area (Å²) in [5.74, 6) is 0.839. The number of nitrogens with zero attached hydrogens (tertiary/aromatic N) is 3. The molecule has 1 N–H and O–H groups in total. The van der Waals surface area contributed by atoms with E-state index in [0.717, 1.165) is 37.5 Å². The number of aromatic nitrogens is 2. The lowest BCUT2D eigenvalue weighted by molar-refractivity contribution is 0.161. The van der Waals surface area contributed by atoms with Gasteiger partial charge in [0.25, 0.3) is 0 Å². The van der Waals surface area contributed by atoms with E-state index in [1.54, 1.807) is 10.9 Å². The van der Waals surface area contributed by atoms with Crippen LogP contribution in [0.15, 0.2) is 47.6 Å². The number of nitrogens with one attached hydrogen (secondary N) is 1. The summed E-state index contributed by atoms with van der Waals surface area (Å²) >= 11 is 0. The molecule has 1 saturated heterocycles. The Morgan fingerprint density at radius 1 is 1.00 bits per heavy atom. The van der Waals surface area contributed by atoms with E-state index in [4.69, 9.17) is 0 Å². The first-order valence-corrected chi connectivity index (χ1v) is 11.9. The first kappa shape index (κ1) is 19.6. The van der Waals surface area contributed by atoms with Crippen LogP contribution in [0, 0.1) is 5.92 Å². The Hall–Kier alpha value is -1.70. The molecule has 28 heavy (non-hydrogen) atoms. The molecule has 1 aliphatic carbocycles. The summed E-state index contributed by atoms with van der Waals surface area (Å²) in [6, 6.07) is 9.55. The van der Waals surface area contributed by atoms with Gasteiger partial charge in [-0.2, -0.15) is 5.10 Å². The molecule has 2 aromatic rings. The minimum absolute atomic E-state index is 0.00711. The minimum Gasteiger partial charge on any atom is -0.303 e. The number of hydrogen-bond acceptors (Lipinski definition) is 4. The number of rotatable bonds is 6. The number of benzene rings is 1. The monoisotopic (exact) mass is 402 g/mol. The van der Waals surface area contributed by atoms with Gasteiger partial charge in [0, 0.05) is 12.6 Å². The molecule has 1 aromatic carbocycles. The number of hydrogen-bond donors (Lipinski definition) is 1. The quantitative estimate of drug-likeness (QED) is 0.806. The van der Waals surface area contributed by atoms with Crippen LogP contribution >= 0.6 is 0 Å². The van der Waals surface area contributed by atoms with Crippen molar-refractivity contribution in [3.63, 3.8) is 0 Å². The third kappa shape index (κ3) is 4.82. The maximum atomic E-state index is 12.8. The minimum atomic E-state index is -3.54. The molecular formula is C21H30N4O2S. The first-order chi connectivity index (χ1) is 13.6. The van der Waals surface area contributed by atoms with Crippen molar-refractivity contribution in [2.75, 3.05) is 19.6 Å². The molecule has 0 bridgehead atoms. The van der Waals surface area contributed by atoms with Gasteiger partial charge in [0.1, 0.15) is 4.90 Å². The molecule has 6 nitrogen and oxygen atoms in total. The lowest BCUT2D eigenvalue weighted by Gasteiger charge is -2.35. The van der Waals surface area contributed by atoms with Crippen LogP contribution in [0.3, 0.4) is 0 Å². The normalized spacial score (nSPS) is 20.4. The van der Waals surface area contributed by atoms with Crippen LogP contribution < -0.4 is 4.72 Å². The SMILES string of the molecule is O=S(=O)(NC1CCN(CC2CCCCC2)CC1)c1cnn(-c2ccccc2)c1. The highest BCUT2D eigenvalue weighted by molar-refractivity contribution is 7.89. The van der Waals surface area contributed by atoms with Gasteiger partial charge in [-0.1, -0.05) is 37.5 Å². The van der Waals surface area contributed by atoms with E-state index in [0.29, 0.717) is 0 Å². The molecule has 2 aliphatic rings.